The standard InChI is InChI=1S/C13H12FNO2S/c1-8-2-3-11(14)12(4-8)15-6-10-5-9(7-18-10)13(16)17/h2-5,7,15H,6H2,1H3,(H,16,17). The van der Waals surface area contributed by atoms with Crippen LogP contribution >= 0.6 is 11.3 Å². The first kappa shape index (κ1) is 12.6. The Kier molecular flexibility index (Phi) is 3.62. The highest BCUT2D eigenvalue weighted by atomic mass is 32.1. The number of rotatable bonds is 4. The number of carboxylic acids is 1. The van der Waals surface area contributed by atoms with Gasteiger partial charge in [0.05, 0.1) is 11.3 Å². The van der Waals surface area contributed by atoms with Crippen LogP contribution < -0.4 is 5.32 Å². The van der Waals surface area contributed by atoms with E-state index in [9.17, 15) is 9.18 Å². The molecule has 1 aromatic heterocycles. The van der Waals surface area contributed by atoms with E-state index in [1.807, 2.05) is 6.92 Å². The molecule has 1 aromatic carbocycles. The van der Waals surface area contributed by atoms with E-state index in [0.29, 0.717) is 12.2 Å². The molecule has 2 N–H and O–H groups in total. The van der Waals surface area contributed by atoms with Crippen LogP contribution in [-0.4, -0.2) is 11.1 Å². The molecule has 5 heteroatoms. The van der Waals surface area contributed by atoms with Gasteiger partial charge in [0.15, 0.2) is 0 Å². The Morgan fingerprint density at radius 2 is 2.22 bits per heavy atom. The molecule has 0 radical (unpaired) electrons. The smallest absolute Gasteiger partial charge is 0.336 e. The van der Waals surface area contributed by atoms with E-state index >= 15 is 0 Å². The van der Waals surface area contributed by atoms with E-state index in [-0.39, 0.29) is 11.4 Å². The highest BCUT2D eigenvalue weighted by molar-refractivity contribution is 7.10. The molecule has 0 spiro atoms. The minimum Gasteiger partial charge on any atom is -0.478 e. The Morgan fingerprint density at radius 1 is 1.44 bits per heavy atom. The summed E-state index contributed by atoms with van der Waals surface area (Å²) >= 11 is 1.34. The Bertz CT molecular complexity index is 580. The molecule has 3 nitrogen and oxygen atoms in total. The molecule has 0 aliphatic heterocycles. The van der Waals surface area contributed by atoms with Crippen LogP contribution in [0.15, 0.2) is 29.6 Å². The quantitative estimate of drug-likeness (QED) is 0.889. The summed E-state index contributed by atoms with van der Waals surface area (Å²) in [6.07, 6.45) is 0. The maximum absolute atomic E-state index is 13.5. The van der Waals surface area contributed by atoms with Crippen molar-refractivity contribution in [1.29, 1.82) is 0 Å². The lowest BCUT2D eigenvalue weighted by Gasteiger charge is -2.06. The summed E-state index contributed by atoms with van der Waals surface area (Å²) in [7, 11) is 0. The Hall–Kier alpha value is -1.88. The van der Waals surface area contributed by atoms with Gasteiger partial charge < -0.3 is 10.4 Å². The third-order valence-electron chi connectivity index (χ3n) is 2.48. The number of anilines is 1. The molecule has 0 unspecified atom stereocenters. The van der Waals surface area contributed by atoms with Crippen molar-refractivity contribution in [2.45, 2.75) is 13.5 Å². The Balaban J connectivity index is 2.06. The molecule has 2 rings (SSSR count). The molecule has 0 atom stereocenters. The van der Waals surface area contributed by atoms with Crippen LogP contribution in [0.1, 0.15) is 20.8 Å². The molecule has 0 amide bonds. The van der Waals surface area contributed by atoms with Gasteiger partial charge in [0.1, 0.15) is 5.82 Å². The van der Waals surface area contributed by atoms with Gasteiger partial charge >= 0.3 is 5.97 Å². The number of benzene rings is 1. The summed E-state index contributed by atoms with van der Waals surface area (Å²) in [5.74, 6) is -1.25. The normalized spacial score (nSPS) is 10.3. The van der Waals surface area contributed by atoms with Crippen LogP contribution in [0.25, 0.3) is 0 Å². The number of carbonyl (C=O) groups is 1. The zero-order chi connectivity index (χ0) is 13.1. The average molecular weight is 265 g/mol. The summed E-state index contributed by atoms with van der Waals surface area (Å²) < 4.78 is 13.5. The molecule has 18 heavy (non-hydrogen) atoms. The molecule has 0 saturated carbocycles. The predicted octanol–water partition coefficient (Wildman–Crippen LogP) is 3.51. The largest absolute Gasteiger partial charge is 0.478 e. The van der Waals surface area contributed by atoms with Gasteiger partial charge in [0.25, 0.3) is 0 Å². The van der Waals surface area contributed by atoms with Gasteiger partial charge in [-0.3, -0.25) is 0 Å². The van der Waals surface area contributed by atoms with Crippen LogP contribution in [0.2, 0.25) is 0 Å². The number of carboxylic acid groups (broad SMARTS) is 1. The van der Waals surface area contributed by atoms with Crippen molar-refractivity contribution >= 4 is 23.0 Å². The average Bonchev–Trinajstić information content (AvgIpc) is 2.79. The van der Waals surface area contributed by atoms with E-state index in [2.05, 4.69) is 5.32 Å². The molecule has 94 valence electrons. The molecule has 1 heterocycles. The number of nitrogens with one attached hydrogen (secondary N) is 1. The number of aromatic carboxylic acids is 1. The first-order valence-electron chi connectivity index (χ1n) is 5.37. The highest BCUT2D eigenvalue weighted by Gasteiger charge is 2.07. The third kappa shape index (κ3) is 2.87. The van der Waals surface area contributed by atoms with E-state index in [4.69, 9.17) is 5.11 Å². The fraction of sp³-hybridized carbons (Fsp3) is 0.154. The first-order valence-corrected chi connectivity index (χ1v) is 6.25. The van der Waals surface area contributed by atoms with Crippen LogP contribution in [0.5, 0.6) is 0 Å². The zero-order valence-electron chi connectivity index (χ0n) is 9.74. The number of halogens is 1. The third-order valence-corrected chi connectivity index (χ3v) is 3.41. The fourth-order valence-electron chi connectivity index (χ4n) is 1.54. The molecular formula is C13H12FNO2S. The number of thiophene rings is 1. The lowest BCUT2D eigenvalue weighted by Crippen LogP contribution is -2.00. The van der Waals surface area contributed by atoms with Crippen molar-refractivity contribution in [3.63, 3.8) is 0 Å². The summed E-state index contributed by atoms with van der Waals surface area (Å²) in [5.41, 5.74) is 1.66. The predicted molar refractivity (Wildman–Crippen MR) is 69.7 cm³/mol. The molecule has 2 aromatic rings. The topological polar surface area (TPSA) is 49.3 Å². The van der Waals surface area contributed by atoms with Crippen molar-refractivity contribution in [1.82, 2.24) is 0 Å². The zero-order valence-corrected chi connectivity index (χ0v) is 10.6. The first-order chi connectivity index (χ1) is 8.56. The molecule has 0 fully saturated rings. The fourth-order valence-corrected chi connectivity index (χ4v) is 2.34. The number of hydrogen-bond acceptors (Lipinski definition) is 3. The van der Waals surface area contributed by atoms with Crippen molar-refractivity contribution < 1.29 is 14.3 Å². The van der Waals surface area contributed by atoms with Gasteiger partial charge in [-0.15, -0.1) is 11.3 Å². The second kappa shape index (κ2) is 5.18. The van der Waals surface area contributed by atoms with Crippen LogP contribution in [0.4, 0.5) is 10.1 Å². The van der Waals surface area contributed by atoms with E-state index in [1.165, 1.54) is 17.4 Å². The Labute approximate surface area is 108 Å². The molecule has 0 bridgehead atoms. The van der Waals surface area contributed by atoms with Crippen molar-refractivity contribution in [3.8, 4) is 0 Å². The summed E-state index contributed by atoms with van der Waals surface area (Å²) in [4.78, 5) is 11.6. The second-order valence-electron chi connectivity index (χ2n) is 3.94. The summed E-state index contributed by atoms with van der Waals surface area (Å²) in [5, 5.41) is 13.3. The number of aryl methyl sites for hydroxylation is 1. The molecule has 0 aliphatic rings. The lowest BCUT2D eigenvalue weighted by atomic mass is 10.2. The molecule has 0 saturated heterocycles. The molecule has 0 aliphatic carbocycles. The summed E-state index contributed by atoms with van der Waals surface area (Å²) in [6.45, 7) is 2.30. The SMILES string of the molecule is Cc1ccc(F)c(NCc2cc(C(=O)O)cs2)c1. The monoisotopic (exact) mass is 265 g/mol. The van der Waals surface area contributed by atoms with Gasteiger partial charge in [0, 0.05) is 16.8 Å². The molecular weight excluding hydrogens is 253 g/mol. The Morgan fingerprint density at radius 3 is 2.89 bits per heavy atom. The van der Waals surface area contributed by atoms with Gasteiger partial charge in [-0.25, -0.2) is 9.18 Å². The van der Waals surface area contributed by atoms with Crippen LogP contribution in [-0.2, 0) is 6.54 Å². The van der Waals surface area contributed by atoms with E-state index < -0.39 is 5.97 Å². The lowest BCUT2D eigenvalue weighted by molar-refractivity contribution is 0.0697. The van der Waals surface area contributed by atoms with Gasteiger partial charge in [-0.1, -0.05) is 6.07 Å². The summed E-state index contributed by atoms with van der Waals surface area (Å²) in [6, 6.07) is 6.43. The minimum absolute atomic E-state index is 0.265. The minimum atomic E-state index is -0.945. The van der Waals surface area contributed by atoms with Crippen molar-refractivity contribution in [3.05, 3.63) is 51.5 Å². The van der Waals surface area contributed by atoms with E-state index in [1.54, 1.807) is 23.6 Å². The van der Waals surface area contributed by atoms with Crippen LogP contribution in [0.3, 0.4) is 0 Å². The number of hydrogen-bond donors (Lipinski definition) is 2. The second-order valence-corrected chi connectivity index (χ2v) is 4.94. The highest BCUT2D eigenvalue weighted by Crippen LogP contribution is 2.19. The van der Waals surface area contributed by atoms with E-state index in [0.717, 1.165) is 10.4 Å². The van der Waals surface area contributed by atoms with Gasteiger partial charge in [-0.2, -0.15) is 0 Å². The van der Waals surface area contributed by atoms with Gasteiger partial charge in [0.2, 0.25) is 0 Å². The van der Waals surface area contributed by atoms with Crippen molar-refractivity contribution in [2.75, 3.05) is 5.32 Å². The van der Waals surface area contributed by atoms with Crippen molar-refractivity contribution in [2.24, 2.45) is 0 Å². The van der Waals surface area contributed by atoms with Crippen LogP contribution in [0, 0.1) is 12.7 Å². The maximum atomic E-state index is 13.5. The maximum Gasteiger partial charge on any atom is 0.336 e. The van der Waals surface area contributed by atoms with Gasteiger partial charge in [-0.05, 0) is 30.7 Å².